The maximum atomic E-state index is 11.9. The summed E-state index contributed by atoms with van der Waals surface area (Å²) in [7, 11) is 0. The molecular weight excluding hydrogens is 241 g/mol. The predicted octanol–water partition coefficient (Wildman–Crippen LogP) is 2.13. The molecule has 1 aliphatic heterocycles. The van der Waals surface area contributed by atoms with Crippen molar-refractivity contribution in [1.82, 2.24) is 0 Å². The maximum absolute atomic E-state index is 11.9. The second kappa shape index (κ2) is 4.15. The molecule has 0 saturated carbocycles. The minimum absolute atomic E-state index is 0.0705. The molecule has 1 aromatic carbocycles. The molecular formula is C10H7F3O4. The molecule has 1 aromatic rings. The average Bonchev–Trinajstić information content (AvgIpc) is 2.72. The van der Waals surface area contributed by atoms with Gasteiger partial charge in [-0.25, -0.2) is 4.79 Å². The Morgan fingerprint density at radius 2 is 2.12 bits per heavy atom. The number of alkyl halides is 3. The first-order chi connectivity index (χ1) is 7.97. The van der Waals surface area contributed by atoms with Crippen molar-refractivity contribution in [3.8, 4) is 11.5 Å². The van der Waals surface area contributed by atoms with Crippen molar-refractivity contribution >= 4 is 5.97 Å². The maximum Gasteiger partial charge on any atom is 0.422 e. The lowest BCUT2D eigenvalue weighted by atomic mass is 10.2. The van der Waals surface area contributed by atoms with E-state index in [1.165, 1.54) is 12.1 Å². The topological polar surface area (TPSA) is 44.8 Å². The van der Waals surface area contributed by atoms with Gasteiger partial charge in [0.05, 0.1) is 0 Å². The van der Waals surface area contributed by atoms with Crippen LogP contribution in [0.25, 0.3) is 0 Å². The molecule has 2 rings (SSSR count). The van der Waals surface area contributed by atoms with E-state index >= 15 is 0 Å². The van der Waals surface area contributed by atoms with Crippen molar-refractivity contribution in [3.05, 3.63) is 23.8 Å². The molecule has 0 aliphatic carbocycles. The van der Waals surface area contributed by atoms with E-state index in [0.29, 0.717) is 5.75 Å². The first-order valence-electron chi connectivity index (χ1n) is 4.60. The van der Waals surface area contributed by atoms with Crippen LogP contribution in [0.1, 0.15) is 10.4 Å². The van der Waals surface area contributed by atoms with Gasteiger partial charge in [0.1, 0.15) is 5.56 Å². The third kappa shape index (κ3) is 2.61. The number of para-hydroxylation sites is 1. The molecule has 1 heterocycles. The molecule has 92 valence electrons. The minimum atomic E-state index is -4.55. The summed E-state index contributed by atoms with van der Waals surface area (Å²) in [6.07, 6.45) is -4.55. The highest BCUT2D eigenvalue weighted by atomic mass is 19.4. The van der Waals surface area contributed by atoms with Gasteiger partial charge in [-0.05, 0) is 12.1 Å². The number of hydrogen-bond acceptors (Lipinski definition) is 4. The zero-order valence-corrected chi connectivity index (χ0v) is 8.41. The quantitative estimate of drug-likeness (QED) is 0.752. The normalized spacial score (nSPS) is 13.6. The fourth-order valence-corrected chi connectivity index (χ4v) is 1.32. The van der Waals surface area contributed by atoms with Crippen molar-refractivity contribution in [2.24, 2.45) is 0 Å². The van der Waals surface area contributed by atoms with E-state index in [0.717, 1.165) is 0 Å². The molecule has 17 heavy (non-hydrogen) atoms. The van der Waals surface area contributed by atoms with Gasteiger partial charge in [0, 0.05) is 0 Å². The van der Waals surface area contributed by atoms with Crippen molar-refractivity contribution in [2.45, 2.75) is 6.18 Å². The summed E-state index contributed by atoms with van der Waals surface area (Å²) in [6.45, 7) is -1.70. The number of hydrogen-bond donors (Lipinski definition) is 0. The third-order valence-electron chi connectivity index (χ3n) is 1.98. The van der Waals surface area contributed by atoms with E-state index in [1.807, 2.05) is 0 Å². The lowest BCUT2D eigenvalue weighted by Gasteiger charge is -2.08. The van der Waals surface area contributed by atoms with Crippen molar-refractivity contribution < 1.29 is 32.2 Å². The number of carbonyl (C=O) groups is 1. The Morgan fingerprint density at radius 3 is 2.82 bits per heavy atom. The second-order valence-electron chi connectivity index (χ2n) is 3.23. The van der Waals surface area contributed by atoms with E-state index in [4.69, 9.17) is 9.47 Å². The van der Waals surface area contributed by atoms with Crippen LogP contribution in [0.15, 0.2) is 18.2 Å². The van der Waals surface area contributed by atoms with Crippen LogP contribution < -0.4 is 9.47 Å². The van der Waals surface area contributed by atoms with Gasteiger partial charge in [-0.1, -0.05) is 6.07 Å². The van der Waals surface area contributed by atoms with Crippen LogP contribution in [0.3, 0.4) is 0 Å². The van der Waals surface area contributed by atoms with Crippen LogP contribution in [0.4, 0.5) is 13.2 Å². The second-order valence-corrected chi connectivity index (χ2v) is 3.23. The van der Waals surface area contributed by atoms with Gasteiger partial charge in [0.15, 0.2) is 18.1 Å². The van der Waals surface area contributed by atoms with E-state index in [2.05, 4.69) is 4.74 Å². The Bertz CT molecular complexity index is 442. The summed E-state index contributed by atoms with van der Waals surface area (Å²) >= 11 is 0. The number of rotatable bonds is 2. The molecule has 0 amide bonds. The Hall–Kier alpha value is -1.92. The van der Waals surface area contributed by atoms with Crippen LogP contribution in [0.2, 0.25) is 0 Å². The highest BCUT2D eigenvalue weighted by molar-refractivity contribution is 5.93. The molecule has 0 N–H and O–H groups in total. The molecule has 1 aliphatic rings. The smallest absolute Gasteiger partial charge is 0.422 e. The summed E-state index contributed by atoms with van der Waals surface area (Å²) in [5.74, 6) is -0.671. The molecule has 4 nitrogen and oxygen atoms in total. The number of esters is 1. The third-order valence-corrected chi connectivity index (χ3v) is 1.98. The van der Waals surface area contributed by atoms with Gasteiger partial charge in [-0.15, -0.1) is 0 Å². The van der Waals surface area contributed by atoms with Crippen molar-refractivity contribution in [2.75, 3.05) is 13.4 Å². The highest BCUT2D eigenvalue weighted by Crippen LogP contribution is 2.35. The van der Waals surface area contributed by atoms with Gasteiger partial charge in [0.25, 0.3) is 0 Å². The minimum Gasteiger partial charge on any atom is -0.454 e. The van der Waals surface area contributed by atoms with Gasteiger partial charge < -0.3 is 14.2 Å². The standard InChI is InChI=1S/C10H7F3O4/c11-10(12,13)4-15-9(14)6-2-1-3-7-8(6)17-5-16-7/h1-3H,4-5H2. The number of benzene rings is 1. The van der Waals surface area contributed by atoms with Gasteiger partial charge >= 0.3 is 12.1 Å². The molecule has 0 radical (unpaired) electrons. The van der Waals surface area contributed by atoms with E-state index < -0.39 is 18.8 Å². The summed E-state index contributed by atoms with van der Waals surface area (Å²) in [4.78, 5) is 11.4. The summed E-state index contributed by atoms with van der Waals surface area (Å²) in [5.41, 5.74) is -0.0794. The lowest BCUT2D eigenvalue weighted by Crippen LogP contribution is -2.20. The van der Waals surface area contributed by atoms with Crippen molar-refractivity contribution in [3.63, 3.8) is 0 Å². The Kier molecular flexibility index (Phi) is 2.83. The summed E-state index contributed by atoms with van der Waals surface area (Å²) in [6, 6.07) is 4.33. The summed E-state index contributed by atoms with van der Waals surface area (Å²) < 4.78 is 49.7. The van der Waals surface area contributed by atoms with Gasteiger partial charge in [-0.2, -0.15) is 13.2 Å². The molecule has 0 fully saturated rings. The Morgan fingerprint density at radius 1 is 1.35 bits per heavy atom. The largest absolute Gasteiger partial charge is 0.454 e. The zero-order valence-electron chi connectivity index (χ0n) is 8.41. The zero-order chi connectivity index (χ0) is 12.5. The van der Waals surface area contributed by atoms with E-state index in [9.17, 15) is 18.0 Å². The number of halogens is 3. The predicted molar refractivity (Wildman–Crippen MR) is 48.9 cm³/mol. The molecule has 0 saturated heterocycles. The first-order valence-corrected chi connectivity index (χ1v) is 4.60. The van der Waals surface area contributed by atoms with E-state index in [-0.39, 0.29) is 18.1 Å². The molecule has 7 heteroatoms. The highest BCUT2D eigenvalue weighted by Gasteiger charge is 2.31. The monoisotopic (exact) mass is 248 g/mol. The lowest BCUT2D eigenvalue weighted by molar-refractivity contribution is -0.161. The fourth-order valence-electron chi connectivity index (χ4n) is 1.32. The number of fused-ring (bicyclic) bond motifs is 1. The SMILES string of the molecule is O=C(OCC(F)(F)F)c1cccc2c1OCO2. The van der Waals surface area contributed by atoms with Crippen LogP contribution >= 0.6 is 0 Å². The molecule has 0 aromatic heterocycles. The number of ether oxygens (including phenoxy) is 3. The van der Waals surface area contributed by atoms with Crippen LogP contribution in [-0.4, -0.2) is 25.5 Å². The van der Waals surface area contributed by atoms with E-state index in [1.54, 1.807) is 6.07 Å². The van der Waals surface area contributed by atoms with Crippen molar-refractivity contribution in [1.29, 1.82) is 0 Å². The fraction of sp³-hybridized carbons (Fsp3) is 0.300. The van der Waals surface area contributed by atoms with Gasteiger partial charge in [-0.3, -0.25) is 0 Å². The van der Waals surface area contributed by atoms with Gasteiger partial charge in [0.2, 0.25) is 6.79 Å². The molecule has 0 atom stereocenters. The molecule has 0 unspecified atom stereocenters. The Labute approximate surface area is 93.9 Å². The van der Waals surface area contributed by atoms with Crippen LogP contribution in [0, 0.1) is 0 Å². The Balaban J connectivity index is 2.13. The summed E-state index contributed by atoms with van der Waals surface area (Å²) in [5, 5.41) is 0. The van der Waals surface area contributed by atoms with Crippen LogP contribution in [-0.2, 0) is 4.74 Å². The number of carbonyl (C=O) groups excluding carboxylic acids is 1. The van der Waals surface area contributed by atoms with Crippen LogP contribution in [0.5, 0.6) is 11.5 Å². The first kappa shape index (κ1) is 11.6. The molecule has 0 bridgehead atoms. The molecule has 0 spiro atoms. The average molecular weight is 248 g/mol.